The van der Waals surface area contributed by atoms with Crippen LogP contribution in [0.2, 0.25) is 0 Å². The third-order valence-electron chi connectivity index (χ3n) is 4.95. The molecule has 0 radical (unpaired) electrons. The Bertz CT molecular complexity index is 949. The summed E-state index contributed by atoms with van der Waals surface area (Å²) in [5.74, 6) is 0.323. The van der Waals surface area contributed by atoms with Crippen LogP contribution in [0.5, 0.6) is 11.5 Å². The Kier molecular flexibility index (Phi) is 4.83. The summed E-state index contributed by atoms with van der Waals surface area (Å²) in [4.78, 5) is 16.5. The fourth-order valence-electron chi connectivity index (χ4n) is 3.40. The summed E-state index contributed by atoms with van der Waals surface area (Å²) < 4.78 is 5.46. The van der Waals surface area contributed by atoms with Crippen LogP contribution in [0.4, 0.5) is 5.69 Å². The van der Waals surface area contributed by atoms with Crippen LogP contribution in [0.15, 0.2) is 66.7 Å². The van der Waals surface area contributed by atoms with Gasteiger partial charge in [0.15, 0.2) is 18.1 Å². The second kappa shape index (κ2) is 7.58. The lowest BCUT2D eigenvalue weighted by Gasteiger charge is -2.36. The topological polar surface area (TPSA) is 53.0 Å². The van der Waals surface area contributed by atoms with Gasteiger partial charge in [0.25, 0.3) is 5.91 Å². The molecule has 0 aromatic heterocycles. The van der Waals surface area contributed by atoms with Crippen molar-refractivity contribution >= 4 is 22.4 Å². The van der Waals surface area contributed by atoms with Crippen LogP contribution in [0.25, 0.3) is 10.8 Å². The molecule has 1 amide bonds. The third-order valence-corrected chi connectivity index (χ3v) is 4.95. The zero-order valence-corrected chi connectivity index (χ0v) is 15.0. The summed E-state index contributed by atoms with van der Waals surface area (Å²) in [6.07, 6.45) is 0. The van der Waals surface area contributed by atoms with Gasteiger partial charge in [-0.15, -0.1) is 0 Å². The fourth-order valence-corrected chi connectivity index (χ4v) is 3.40. The van der Waals surface area contributed by atoms with Gasteiger partial charge in [-0.2, -0.15) is 0 Å². The first kappa shape index (κ1) is 17.2. The number of benzene rings is 3. The number of carbonyl (C=O) groups is 1. The highest BCUT2D eigenvalue weighted by Gasteiger charge is 2.22. The summed E-state index contributed by atoms with van der Waals surface area (Å²) in [7, 11) is 0. The Balaban J connectivity index is 1.34. The highest BCUT2D eigenvalue weighted by atomic mass is 16.5. The molecule has 0 bridgehead atoms. The van der Waals surface area contributed by atoms with Gasteiger partial charge in [-0.05, 0) is 35.0 Å². The third kappa shape index (κ3) is 3.82. The molecule has 0 atom stereocenters. The molecule has 1 saturated heterocycles. The molecule has 5 heteroatoms. The SMILES string of the molecule is O=C(COc1ccccc1O)N1CCN(c2ccc3ccccc3c2)CC1. The van der Waals surface area contributed by atoms with Crippen LogP contribution in [-0.4, -0.2) is 48.7 Å². The molecule has 5 nitrogen and oxygen atoms in total. The van der Waals surface area contributed by atoms with Crippen molar-refractivity contribution in [2.75, 3.05) is 37.7 Å². The minimum Gasteiger partial charge on any atom is -0.504 e. The first-order valence-electron chi connectivity index (χ1n) is 9.13. The van der Waals surface area contributed by atoms with Crippen LogP contribution in [0.3, 0.4) is 0 Å². The highest BCUT2D eigenvalue weighted by Crippen LogP contribution is 2.25. The number of amides is 1. The lowest BCUT2D eigenvalue weighted by atomic mass is 10.1. The molecule has 3 aromatic rings. The van der Waals surface area contributed by atoms with E-state index < -0.39 is 0 Å². The Morgan fingerprint density at radius 3 is 2.37 bits per heavy atom. The standard InChI is InChI=1S/C22H22N2O3/c25-20-7-3-4-8-21(20)27-16-22(26)24-13-11-23(12-14-24)19-10-9-17-5-1-2-6-18(17)15-19/h1-10,15,25H,11-14,16H2. The van der Waals surface area contributed by atoms with Gasteiger partial charge >= 0.3 is 0 Å². The maximum atomic E-state index is 12.4. The molecule has 0 saturated carbocycles. The molecule has 0 aliphatic carbocycles. The average Bonchev–Trinajstić information content (AvgIpc) is 2.73. The number of anilines is 1. The fraction of sp³-hybridized carbons (Fsp3) is 0.227. The average molecular weight is 362 g/mol. The van der Waals surface area contributed by atoms with Crippen molar-refractivity contribution in [1.82, 2.24) is 4.90 Å². The van der Waals surface area contributed by atoms with E-state index in [4.69, 9.17) is 4.74 Å². The molecule has 1 N–H and O–H groups in total. The number of para-hydroxylation sites is 2. The van der Waals surface area contributed by atoms with Crippen LogP contribution in [-0.2, 0) is 4.79 Å². The molecular formula is C22H22N2O3. The van der Waals surface area contributed by atoms with E-state index in [-0.39, 0.29) is 18.3 Å². The number of phenolic OH excluding ortho intramolecular Hbond substituents is 1. The molecular weight excluding hydrogens is 340 g/mol. The minimum atomic E-state index is -0.0620. The summed E-state index contributed by atoms with van der Waals surface area (Å²) in [6.45, 7) is 2.85. The van der Waals surface area contributed by atoms with E-state index in [1.807, 2.05) is 17.0 Å². The van der Waals surface area contributed by atoms with E-state index in [2.05, 4.69) is 35.2 Å². The van der Waals surface area contributed by atoms with Crippen molar-refractivity contribution < 1.29 is 14.6 Å². The van der Waals surface area contributed by atoms with E-state index in [1.165, 1.54) is 16.5 Å². The molecule has 1 aliphatic rings. The molecule has 1 aliphatic heterocycles. The minimum absolute atomic E-state index is 0.0476. The molecule has 0 unspecified atom stereocenters. The molecule has 138 valence electrons. The predicted octanol–water partition coefficient (Wildman–Crippen LogP) is 3.27. The van der Waals surface area contributed by atoms with E-state index in [9.17, 15) is 9.90 Å². The monoisotopic (exact) mass is 362 g/mol. The van der Waals surface area contributed by atoms with Crippen molar-refractivity contribution in [2.24, 2.45) is 0 Å². The molecule has 0 spiro atoms. The molecule has 3 aromatic carbocycles. The van der Waals surface area contributed by atoms with Gasteiger partial charge in [0.1, 0.15) is 0 Å². The lowest BCUT2D eigenvalue weighted by molar-refractivity contribution is -0.133. The van der Waals surface area contributed by atoms with Gasteiger partial charge in [0, 0.05) is 31.9 Å². The Morgan fingerprint density at radius 1 is 0.889 bits per heavy atom. The van der Waals surface area contributed by atoms with Gasteiger partial charge in [-0.1, -0.05) is 42.5 Å². The van der Waals surface area contributed by atoms with Crippen LogP contribution >= 0.6 is 0 Å². The maximum Gasteiger partial charge on any atom is 0.260 e. The molecule has 1 heterocycles. The van der Waals surface area contributed by atoms with Crippen molar-refractivity contribution in [3.05, 3.63) is 66.7 Å². The van der Waals surface area contributed by atoms with E-state index >= 15 is 0 Å². The molecule has 1 fully saturated rings. The number of fused-ring (bicyclic) bond motifs is 1. The first-order valence-corrected chi connectivity index (χ1v) is 9.13. The maximum absolute atomic E-state index is 12.4. The normalized spacial score (nSPS) is 14.4. The van der Waals surface area contributed by atoms with Crippen molar-refractivity contribution in [1.29, 1.82) is 0 Å². The zero-order chi connectivity index (χ0) is 18.6. The Morgan fingerprint density at radius 2 is 1.59 bits per heavy atom. The summed E-state index contributed by atoms with van der Waals surface area (Å²) in [5, 5.41) is 12.2. The number of hydrogen-bond donors (Lipinski definition) is 1. The number of hydrogen-bond acceptors (Lipinski definition) is 4. The number of rotatable bonds is 4. The largest absolute Gasteiger partial charge is 0.504 e. The van der Waals surface area contributed by atoms with Crippen LogP contribution < -0.4 is 9.64 Å². The van der Waals surface area contributed by atoms with Gasteiger partial charge in [0.05, 0.1) is 0 Å². The van der Waals surface area contributed by atoms with E-state index in [0.29, 0.717) is 18.8 Å². The highest BCUT2D eigenvalue weighted by molar-refractivity contribution is 5.86. The smallest absolute Gasteiger partial charge is 0.260 e. The number of ether oxygens (including phenoxy) is 1. The van der Waals surface area contributed by atoms with Gasteiger partial charge in [-0.3, -0.25) is 4.79 Å². The number of piperazine rings is 1. The van der Waals surface area contributed by atoms with Crippen molar-refractivity contribution in [3.63, 3.8) is 0 Å². The summed E-state index contributed by atoms with van der Waals surface area (Å²) in [6, 6.07) is 21.5. The second-order valence-electron chi connectivity index (χ2n) is 6.66. The first-order chi connectivity index (χ1) is 13.2. The summed E-state index contributed by atoms with van der Waals surface area (Å²) >= 11 is 0. The zero-order valence-electron chi connectivity index (χ0n) is 15.0. The van der Waals surface area contributed by atoms with Gasteiger partial charge in [0.2, 0.25) is 0 Å². The van der Waals surface area contributed by atoms with Crippen LogP contribution in [0.1, 0.15) is 0 Å². The number of phenols is 1. The number of carbonyl (C=O) groups excluding carboxylic acids is 1. The Labute approximate surface area is 158 Å². The molecule has 4 rings (SSSR count). The van der Waals surface area contributed by atoms with E-state index in [1.54, 1.807) is 24.3 Å². The summed E-state index contributed by atoms with van der Waals surface area (Å²) in [5.41, 5.74) is 1.19. The predicted molar refractivity (Wildman–Crippen MR) is 106 cm³/mol. The van der Waals surface area contributed by atoms with Gasteiger partial charge < -0.3 is 19.6 Å². The number of aromatic hydroxyl groups is 1. The number of nitrogens with zero attached hydrogens (tertiary/aromatic N) is 2. The van der Waals surface area contributed by atoms with Crippen molar-refractivity contribution in [2.45, 2.75) is 0 Å². The quantitative estimate of drug-likeness (QED) is 0.774. The lowest BCUT2D eigenvalue weighted by Crippen LogP contribution is -2.50. The second-order valence-corrected chi connectivity index (χ2v) is 6.66. The van der Waals surface area contributed by atoms with Crippen molar-refractivity contribution in [3.8, 4) is 11.5 Å². The van der Waals surface area contributed by atoms with Crippen LogP contribution in [0, 0.1) is 0 Å². The molecule has 27 heavy (non-hydrogen) atoms. The van der Waals surface area contributed by atoms with Gasteiger partial charge in [-0.25, -0.2) is 0 Å². The van der Waals surface area contributed by atoms with E-state index in [0.717, 1.165) is 13.1 Å². The Hall–Kier alpha value is -3.21.